The number of hydrogen-bond donors (Lipinski definition) is 0. The number of nitrogens with zero attached hydrogens (tertiary/aromatic N) is 2. The molecule has 0 N–H and O–H groups in total. The van der Waals surface area contributed by atoms with Crippen LogP contribution in [0.3, 0.4) is 0 Å². The molecule has 0 unspecified atom stereocenters. The first-order valence-corrected chi connectivity index (χ1v) is 6.83. The van der Waals surface area contributed by atoms with Crippen molar-refractivity contribution in [2.45, 2.75) is 26.3 Å². The first-order chi connectivity index (χ1) is 9.08. The van der Waals surface area contributed by atoms with Crippen LogP contribution in [0.15, 0.2) is 0 Å². The van der Waals surface area contributed by atoms with E-state index in [2.05, 4.69) is 4.90 Å². The zero-order valence-electron chi connectivity index (χ0n) is 12.1. The monoisotopic (exact) mass is 272 g/mol. The third-order valence-electron chi connectivity index (χ3n) is 3.20. The van der Waals surface area contributed by atoms with E-state index in [-0.39, 0.29) is 18.4 Å². The maximum Gasteiger partial charge on any atom is 0.323 e. The third kappa shape index (κ3) is 5.16. The van der Waals surface area contributed by atoms with Crippen molar-refractivity contribution >= 4 is 11.9 Å². The molecule has 1 rings (SSSR count). The van der Waals surface area contributed by atoms with Gasteiger partial charge in [-0.25, -0.2) is 0 Å². The van der Waals surface area contributed by atoms with Crippen molar-refractivity contribution in [2.24, 2.45) is 0 Å². The van der Waals surface area contributed by atoms with Crippen LogP contribution in [0.25, 0.3) is 0 Å². The summed E-state index contributed by atoms with van der Waals surface area (Å²) in [6, 6.07) is -0.521. The topological polar surface area (TPSA) is 59.1 Å². The molecule has 0 spiro atoms. The van der Waals surface area contributed by atoms with Crippen LogP contribution in [0.5, 0.6) is 0 Å². The Morgan fingerprint density at radius 3 is 2.16 bits per heavy atom. The Balaban J connectivity index is 2.63. The Hall–Kier alpha value is -1.14. The van der Waals surface area contributed by atoms with E-state index in [9.17, 15) is 9.59 Å². The van der Waals surface area contributed by atoms with Gasteiger partial charge in [0, 0.05) is 26.2 Å². The molecular weight excluding hydrogens is 248 g/mol. The van der Waals surface area contributed by atoms with Gasteiger partial charge in [-0.2, -0.15) is 0 Å². The predicted octanol–water partition coefficient (Wildman–Crippen LogP) is 0.119. The Labute approximate surface area is 114 Å². The summed E-state index contributed by atoms with van der Waals surface area (Å²) in [7, 11) is 2.04. The van der Waals surface area contributed by atoms with Crippen LogP contribution in [0.1, 0.15) is 20.3 Å². The summed E-state index contributed by atoms with van der Waals surface area (Å²) in [6.45, 7) is 7.48. The normalized spacial score (nSPS) is 18.9. The Bertz CT molecular complexity index is 301. The molecule has 6 heteroatoms. The quantitative estimate of drug-likeness (QED) is 0.640. The molecule has 1 saturated heterocycles. The van der Waals surface area contributed by atoms with Crippen LogP contribution in [-0.4, -0.2) is 74.2 Å². The van der Waals surface area contributed by atoms with E-state index < -0.39 is 6.04 Å². The molecule has 0 aromatic rings. The van der Waals surface area contributed by atoms with Gasteiger partial charge in [0.2, 0.25) is 0 Å². The summed E-state index contributed by atoms with van der Waals surface area (Å²) in [5.74, 6) is -0.681. The van der Waals surface area contributed by atoms with Crippen molar-refractivity contribution in [1.82, 2.24) is 9.80 Å². The van der Waals surface area contributed by atoms with Gasteiger partial charge in [0.1, 0.15) is 6.04 Å². The van der Waals surface area contributed by atoms with Gasteiger partial charge >= 0.3 is 11.9 Å². The first-order valence-electron chi connectivity index (χ1n) is 6.83. The van der Waals surface area contributed by atoms with Crippen LogP contribution in [-0.2, 0) is 19.1 Å². The average molecular weight is 272 g/mol. The fourth-order valence-corrected chi connectivity index (χ4v) is 2.11. The lowest BCUT2D eigenvalue weighted by Crippen LogP contribution is -2.52. The van der Waals surface area contributed by atoms with Crippen molar-refractivity contribution in [3.05, 3.63) is 0 Å². The summed E-state index contributed by atoms with van der Waals surface area (Å²) in [6.07, 6.45) is 0.0659. The molecule has 19 heavy (non-hydrogen) atoms. The maximum absolute atomic E-state index is 12.0. The number of carbonyl (C=O) groups excluding carboxylic acids is 2. The first kappa shape index (κ1) is 15.9. The third-order valence-corrected chi connectivity index (χ3v) is 3.20. The van der Waals surface area contributed by atoms with Gasteiger partial charge in [-0.1, -0.05) is 0 Å². The minimum atomic E-state index is -0.521. The molecule has 1 fully saturated rings. The summed E-state index contributed by atoms with van der Waals surface area (Å²) in [5, 5.41) is 0. The number of piperazine rings is 1. The standard InChI is InChI=1S/C13H24N2O4/c1-4-18-12(16)10-11(13(17)19-5-2)15-8-6-14(3)7-9-15/h11H,4-10H2,1-3H3/t11-/m1/s1. The van der Waals surface area contributed by atoms with Crippen molar-refractivity contribution in [1.29, 1.82) is 0 Å². The molecule has 0 radical (unpaired) electrons. The van der Waals surface area contributed by atoms with Gasteiger partial charge in [0.15, 0.2) is 0 Å². The second-order valence-electron chi connectivity index (χ2n) is 4.62. The van der Waals surface area contributed by atoms with E-state index in [1.165, 1.54) is 0 Å². The number of esters is 2. The highest BCUT2D eigenvalue weighted by Crippen LogP contribution is 2.11. The molecule has 0 amide bonds. The minimum absolute atomic E-state index is 0.0659. The lowest BCUT2D eigenvalue weighted by Gasteiger charge is -2.36. The van der Waals surface area contributed by atoms with Crippen LogP contribution in [0.4, 0.5) is 0 Å². The lowest BCUT2D eigenvalue weighted by molar-refractivity contribution is -0.157. The van der Waals surface area contributed by atoms with Crippen molar-refractivity contribution in [2.75, 3.05) is 46.4 Å². The molecular formula is C13H24N2O4. The van der Waals surface area contributed by atoms with Crippen LogP contribution >= 0.6 is 0 Å². The molecule has 110 valence electrons. The second-order valence-corrected chi connectivity index (χ2v) is 4.62. The lowest BCUT2D eigenvalue weighted by atomic mass is 10.1. The summed E-state index contributed by atoms with van der Waals surface area (Å²) >= 11 is 0. The van der Waals surface area contributed by atoms with Gasteiger partial charge < -0.3 is 14.4 Å². The van der Waals surface area contributed by atoms with Gasteiger partial charge in [-0.15, -0.1) is 0 Å². The highest BCUT2D eigenvalue weighted by atomic mass is 16.5. The zero-order chi connectivity index (χ0) is 14.3. The number of hydrogen-bond acceptors (Lipinski definition) is 6. The summed E-state index contributed by atoms with van der Waals surface area (Å²) in [5.41, 5.74) is 0. The number of ether oxygens (including phenoxy) is 2. The SMILES string of the molecule is CCOC(=O)C[C@H](C(=O)OCC)N1CCN(C)CC1. The van der Waals surface area contributed by atoms with E-state index in [1.807, 2.05) is 11.9 Å². The van der Waals surface area contributed by atoms with Crippen molar-refractivity contribution < 1.29 is 19.1 Å². The fraction of sp³-hybridized carbons (Fsp3) is 0.846. The average Bonchev–Trinajstić information content (AvgIpc) is 2.38. The van der Waals surface area contributed by atoms with Crippen LogP contribution in [0, 0.1) is 0 Å². The van der Waals surface area contributed by atoms with E-state index >= 15 is 0 Å². The second kappa shape index (κ2) is 8.12. The van der Waals surface area contributed by atoms with Crippen molar-refractivity contribution in [3.63, 3.8) is 0 Å². The molecule has 0 aliphatic carbocycles. The van der Waals surface area contributed by atoms with Gasteiger partial charge in [0.25, 0.3) is 0 Å². The van der Waals surface area contributed by atoms with E-state index in [4.69, 9.17) is 9.47 Å². The highest BCUT2D eigenvalue weighted by molar-refractivity contribution is 5.82. The number of rotatable bonds is 6. The van der Waals surface area contributed by atoms with Gasteiger partial charge in [-0.05, 0) is 20.9 Å². The van der Waals surface area contributed by atoms with Crippen LogP contribution < -0.4 is 0 Å². The molecule has 1 heterocycles. The smallest absolute Gasteiger partial charge is 0.323 e. The highest BCUT2D eigenvalue weighted by Gasteiger charge is 2.31. The van der Waals surface area contributed by atoms with Gasteiger partial charge in [-0.3, -0.25) is 14.5 Å². The van der Waals surface area contributed by atoms with E-state index in [1.54, 1.807) is 13.8 Å². The summed E-state index contributed by atoms with van der Waals surface area (Å²) < 4.78 is 9.99. The maximum atomic E-state index is 12.0. The van der Waals surface area contributed by atoms with Gasteiger partial charge in [0.05, 0.1) is 19.6 Å². The Morgan fingerprint density at radius 2 is 1.63 bits per heavy atom. The largest absolute Gasteiger partial charge is 0.466 e. The molecule has 6 nitrogen and oxygen atoms in total. The van der Waals surface area contributed by atoms with Crippen molar-refractivity contribution in [3.8, 4) is 0 Å². The summed E-state index contributed by atoms with van der Waals surface area (Å²) in [4.78, 5) is 27.8. The number of likely N-dealkylation sites (N-methyl/N-ethyl adjacent to an activating group) is 1. The molecule has 0 aromatic heterocycles. The van der Waals surface area contributed by atoms with E-state index in [0.717, 1.165) is 26.2 Å². The molecule has 0 saturated carbocycles. The molecule has 1 aliphatic heterocycles. The predicted molar refractivity (Wildman–Crippen MR) is 70.7 cm³/mol. The molecule has 1 atom stereocenters. The molecule has 0 aromatic carbocycles. The van der Waals surface area contributed by atoms with Crippen LogP contribution in [0.2, 0.25) is 0 Å². The Morgan fingerprint density at radius 1 is 1.05 bits per heavy atom. The fourth-order valence-electron chi connectivity index (χ4n) is 2.11. The number of carbonyl (C=O) groups is 2. The Kier molecular flexibility index (Phi) is 6.80. The minimum Gasteiger partial charge on any atom is -0.466 e. The molecule has 1 aliphatic rings. The van der Waals surface area contributed by atoms with E-state index in [0.29, 0.717) is 13.2 Å². The zero-order valence-corrected chi connectivity index (χ0v) is 12.1. The molecule has 0 bridgehead atoms.